The molecule has 0 unspecified atom stereocenters. The maximum atomic E-state index is 12.1. The molecular formula is C20H21N3OS. The molecule has 4 nitrogen and oxygen atoms in total. The van der Waals surface area contributed by atoms with Crippen molar-refractivity contribution in [1.29, 1.82) is 0 Å². The molecule has 1 heterocycles. The minimum atomic E-state index is 0.0302. The molecule has 3 aromatic rings. The van der Waals surface area contributed by atoms with Crippen LogP contribution in [0, 0.1) is 0 Å². The predicted molar refractivity (Wildman–Crippen MR) is 103 cm³/mol. The van der Waals surface area contributed by atoms with Gasteiger partial charge < -0.3 is 5.32 Å². The Hall–Kier alpha value is -2.53. The molecule has 0 aliphatic rings. The third-order valence-corrected chi connectivity index (χ3v) is 4.89. The average molecular weight is 351 g/mol. The number of amides is 1. The normalized spacial score (nSPS) is 11.9. The number of aromatic nitrogens is 2. The number of hydrogen-bond donors (Lipinski definition) is 1. The van der Waals surface area contributed by atoms with E-state index in [9.17, 15) is 4.79 Å². The number of carbonyl (C=O) groups excluding carboxylic acids is 1. The highest BCUT2D eigenvalue weighted by Crippen LogP contribution is 2.16. The third kappa shape index (κ3) is 4.97. The van der Waals surface area contributed by atoms with Crippen LogP contribution in [0.1, 0.15) is 24.1 Å². The van der Waals surface area contributed by atoms with Crippen molar-refractivity contribution in [3.05, 3.63) is 84.2 Å². The summed E-state index contributed by atoms with van der Waals surface area (Å²) in [6, 6.07) is 20.2. The zero-order chi connectivity index (χ0) is 17.5. The van der Waals surface area contributed by atoms with Crippen LogP contribution in [0.5, 0.6) is 0 Å². The molecule has 1 N–H and O–H groups in total. The molecule has 0 radical (unpaired) electrons. The molecule has 0 saturated heterocycles. The number of rotatable bonds is 7. The first kappa shape index (κ1) is 17.3. The molecule has 1 amide bonds. The Morgan fingerprint density at radius 1 is 1.12 bits per heavy atom. The van der Waals surface area contributed by atoms with Crippen LogP contribution in [0.25, 0.3) is 5.69 Å². The maximum Gasteiger partial charge on any atom is 0.230 e. The van der Waals surface area contributed by atoms with Crippen molar-refractivity contribution in [3.63, 3.8) is 0 Å². The summed E-state index contributed by atoms with van der Waals surface area (Å²) in [5.74, 6) is 1.33. The summed E-state index contributed by atoms with van der Waals surface area (Å²) < 4.78 is 1.83. The second kappa shape index (κ2) is 8.53. The van der Waals surface area contributed by atoms with Crippen molar-refractivity contribution >= 4 is 17.7 Å². The summed E-state index contributed by atoms with van der Waals surface area (Å²) in [6.45, 7) is 2.01. The molecule has 2 aromatic carbocycles. The van der Waals surface area contributed by atoms with Crippen molar-refractivity contribution in [2.24, 2.45) is 0 Å². The summed E-state index contributed by atoms with van der Waals surface area (Å²) in [7, 11) is 0. The number of nitrogens with zero attached hydrogens (tertiary/aromatic N) is 2. The van der Waals surface area contributed by atoms with E-state index >= 15 is 0 Å². The zero-order valence-electron chi connectivity index (χ0n) is 14.1. The summed E-state index contributed by atoms with van der Waals surface area (Å²) in [4.78, 5) is 12.1. The Balaban J connectivity index is 1.44. The van der Waals surface area contributed by atoms with E-state index in [1.54, 1.807) is 18.0 Å². The molecule has 1 aromatic heterocycles. The first-order valence-electron chi connectivity index (χ1n) is 8.23. The second-order valence-corrected chi connectivity index (χ2v) is 6.80. The van der Waals surface area contributed by atoms with Gasteiger partial charge in [-0.2, -0.15) is 5.10 Å². The van der Waals surface area contributed by atoms with Gasteiger partial charge in [0.1, 0.15) is 0 Å². The Bertz CT molecular complexity index is 786. The zero-order valence-corrected chi connectivity index (χ0v) is 14.9. The van der Waals surface area contributed by atoms with Gasteiger partial charge >= 0.3 is 0 Å². The van der Waals surface area contributed by atoms with Gasteiger partial charge in [0.05, 0.1) is 17.5 Å². The highest BCUT2D eigenvalue weighted by atomic mass is 32.2. The second-order valence-electron chi connectivity index (χ2n) is 5.81. The van der Waals surface area contributed by atoms with Crippen molar-refractivity contribution in [2.75, 3.05) is 5.75 Å². The van der Waals surface area contributed by atoms with Crippen LogP contribution >= 0.6 is 11.8 Å². The molecule has 0 spiro atoms. The molecular weight excluding hydrogens is 330 g/mol. The molecule has 25 heavy (non-hydrogen) atoms. The van der Waals surface area contributed by atoms with Crippen LogP contribution in [0.3, 0.4) is 0 Å². The largest absolute Gasteiger partial charge is 0.349 e. The minimum absolute atomic E-state index is 0.0302. The highest BCUT2D eigenvalue weighted by Gasteiger charge is 2.09. The van der Waals surface area contributed by atoms with Crippen molar-refractivity contribution in [3.8, 4) is 5.69 Å². The number of hydrogen-bond acceptors (Lipinski definition) is 3. The van der Waals surface area contributed by atoms with Gasteiger partial charge in [0.25, 0.3) is 0 Å². The first-order chi connectivity index (χ1) is 12.2. The molecule has 0 aliphatic heterocycles. The fraction of sp³-hybridized carbons (Fsp3) is 0.200. The van der Waals surface area contributed by atoms with E-state index in [1.807, 2.05) is 66.3 Å². The lowest BCUT2D eigenvalue weighted by Gasteiger charge is -2.14. The molecule has 0 fully saturated rings. The first-order valence-corrected chi connectivity index (χ1v) is 9.39. The number of thioether (sulfide) groups is 1. The van der Waals surface area contributed by atoms with E-state index in [0.717, 1.165) is 17.0 Å². The van der Waals surface area contributed by atoms with Crippen LogP contribution in [0.2, 0.25) is 0 Å². The Labute approximate surface area is 152 Å². The minimum Gasteiger partial charge on any atom is -0.349 e. The fourth-order valence-corrected chi connectivity index (χ4v) is 3.34. The summed E-state index contributed by atoms with van der Waals surface area (Å²) in [6.07, 6.45) is 3.68. The summed E-state index contributed by atoms with van der Waals surface area (Å²) in [5.41, 5.74) is 3.35. The van der Waals surface area contributed by atoms with E-state index in [4.69, 9.17) is 0 Å². The van der Waals surface area contributed by atoms with E-state index in [2.05, 4.69) is 22.5 Å². The van der Waals surface area contributed by atoms with Crippen molar-refractivity contribution < 1.29 is 4.79 Å². The number of benzene rings is 2. The third-order valence-electron chi connectivity index (χ3n) is 3.88. The standard InChI is InChI=1S/C20H21N3OS/c1-16(18-6-3-2-4-7-18)22-20(24)15-25-14-17-8-10-19(11-9-17)23-13-5-12-21-23/h2-13,16H,14-15H2,1H3,(H,22,24)/t16-/m1/s1. The summed E-state index contributed by atoms with van der Waals surface area (Å²) in [5, 5.41) is 7.25. The van der Waals surface area contributed by atoms with E-state index in [0.29, 0.717) is 5.75 Å². The predicted octanol–water partition coefficient (Wildman–Crippen LogP) is 3.98. The monoisotopic (exact) mass is 351 g/mol. The van der Waals surface area contributed by atoms with Gasteiger partial charge in [-0.25, -0.2) is 4.68 Å². The van der Waals surface area contributed by atoms with Crippen molar-refractivity contribution in [1.82, 2.24) is 15.1 Å². The van der Waals surface area contributed by atoms with E-state index < -0.39 is 0 Å². The SMILES string of the molecule is C[C@@H](NC(=O)CSCc1ccc(-n2cccn2)cc1)c1ccccc1. The lowest BCUT2D eigenvalue weighted by Crippen LogP contribution is -2.28. The topological polar surface area (TPSA) is 46.9 Å². The van der Waals surface area contributed by atoms with Crippen molar-refractivity contribution in [2.45, 2.75) is 18.7 Å². The van der Waals surface area contributed by atoms with Gasteiger partial charge in [0.2, 0.25) is 5.91 Å². The fourth-order valence-electron chi connectivity index (χ4n) is 2.54. The molecule has 0 bridgehead atoms. The van der Waals surface area contributed by atoms with Gasteiger partial charge in [0.15, 0.2) is 0 Å². The van der Waals surface area contributed by atoms with Crippen LogP contribution in [0.4, 0.5) is 0 Å². The molecule has 128 valence electrons. The molecule has 1 atom stereocenters. The smallest absolute Gasteiger partial charge is 0.230 e. The summed E-state index contributed by atoms with van der Waals surface area (Å²) >= 11 is 1.62. The van der Waals surface area contributed by atoms with E-state index in [-0.39, 0.29) is 11.9 Å². The Kier molecular flexibility index (Phi) is 5.90. The van der Waals surface area contributed by atoms with Crippen LogP contribution in [0.15, 0.2) is 73.1 Å². The number of nitrogens with one attached hydrogen (secondary N) is 1. The molecule has 0 aliphatic carbocycles. The van der Waals surface area contributed by atoms with Gasteiger partial charge in [-0.3, -0.25) is 4.79 Å². The van der Waals surface area contributed by atoms with E-state index in [1.165, 1.54) is 5.56 Å². The maximum absolute atomic E-state index is 12.1. The molecule has 0 saturated carbocycles. The van der Waals surface area contributed by atoms with Gasteiger partial charge in [0, 0.05) is 18.1 Å². The van der Waals surface area contributed by atoms with Gasteiger partial charge in [-0.15, -0.1) is 11.8 Å². The van der Waals surface area contributed by atoms with Crippen LogP contribution in [-0.4, -0.2) is 21.4 Å². The van der Waals surface area contributed by atoms with Crippen LogP contribution < -0.4 is 5.32 Å². The average Bonchev–Trinajstić information content (AvgIpc) is 3.18. The lowest BCUT2D eigenvalue weighted by atomic mass is 10.1. The lowest BCUT2D eigenvalue weighted by molar-refractivity contribution is -0.119. The Morgan fingerprint density at radius 3 is 2.56 bits per heavy atom. The quantitative estimate of drug-likeness (QED) is 0.700. The van der Waals surface area contributed by atoms with Gasteiger partial charge in [-0.05, 0) is 36.2 Å². The Morgan fingerprint density at radius 2 is 1.88 bits per heavy atom. The number of carbonyl (C=O) groups is 1. The van der Waals surface area contributed by atoms with Crippen LogP contribution in [-0.2, 0) is 10.5 Å². The molecule has 3 rings (SSSR count). The van der Waals surface area contributed by atoms with Gasteiger partial charge in [-0.1, -0.05) is 42.5 Å². The molecule has 5 heteroatoms. The highest BCUT2D eigenvalue weighted by molar-refractivity contribution is 7.99.